The quantitative estimate of drug-likeness (QED) is 0.372. The van der Waals surface area contributed by atoms with Crippen molar-refractivity contribution in [1.82, 2.24) is 16.0 Å². The van der Waals surface area contributed by atoms with Gasteiger partial charge in [0.05, 0.1) is 6.54 Å². The lowest BCUT2D eigenvalue weighted by molar-refractivity contribution is -0.123. The normalized spacial score (nSPS) is 12.0. The van der Waals surface area contributed by atoms with Crippen molar-refractivity contribution in [2.24, 2.45) is 0 Å². The van der Waals surface area contributed by atoms with Crippen LogP contribution in [0.4, 0.5) is 9.59 Å². The summed E-state index contributed by atoms with van der Waals surface area (Å²) in [4.78, 5) is 36.9. The molecule has 0 aliphatic heterocycles. The minimum Gasteiger partial charge on any atom is -0.444 e. The van der Waals surface area contributed by atoms with Crippen molar-refractivity contribution < 1.29 is 23.9 Å². The van der Waals surface area contributed by atoms with Gasteiger partial charge in [0.2, 0.25) is 5.91 Å². The molecule has 0 spiro atoms. The Morgan fingerprint density at radius 2 is 1.59 bits per heavy atom. The van der Waals surface area contributed by atoms with E-state index in [9.17, 15) is 14.4 Å². The fourth-order valence-electron chi connectivity index (χ4n) is 2.90. The number of benzene rings is 1. The van der Waals surface area contributed by atoms with Crippen molar-refractivity contribution in [3.8, 4) is 11.8 Å². The Hall–Kier alpha value is -3.21. The van der Waals surface area contributed by atoms with Gasteiger partial charge in [0.1, 0.15) is 17.2 Å². The number of carbonyl (C=O) groups is 3. The molecule has 1 aromatic rings. The third-order valence-electron chi connectivity index (χ3n) is 4.24. The molecule has 0 saturated carbocycles. The number of ether oxygens (including phenoxy) is 2. The highest BCUT2D eigenvalue weighted by atomic mass is 16.6. The van der Waals surface area contributed by atoms with E-state index in [1.165, 1.54) is 5.56 Å². The molecule has 0 bridgehead atoms. The maximum Gasteiger partial charge on any atom is 0.408 e. The van der Waals surface area contributed by atoms with Crippen molar-refractivity contribution in [3.05, 3.63) is 35.4 Å². The number of carbonyl (C=O) groups excluding carboxylic acids is 3. The van der Waals surface area contributed by atoms with E-state index >= 15 is 0 Å². The van der Waals surface area contributed by atoms with Crippen LogP contribution in [-0.4, -0.2) is 48.4 Å². The number of unbranched alkanes of at least 4 members (excludes halogenated alkanes) is 1. The summed E-state index contributed by atoms with van der Waals surface area (Å²) in [6.45, 7) is 12.5. The van der Waals surface area contributed by atoms with Crippen LogP contribution in [0.25, 0.3) is 0 Å². The maximum atomic E-state index is 12.7. The highest BCUT2D eigenvalue weighted by Crippen LogP contribution is 2.09. The smallest absolute Gasteiger partial charge is 0.408 e. The first-order valence-electron chi connectivity index (χ1n) is 11.5. The number of rotatable bonds is 9. The van der Waals surface area contributed by atoms with Gasteiger partial charge in [-0.15, -0.1) is 5.92 Å². The Balaban J connectivity index is 2.58. The SMILES string of the molecule is CC#Cc1cccc(CCCCNC(=O)C(CNC(=O)OC(C)(C)C)NC(=O)OC(C)(C)C)c1. The standard InChI is InChI=1S/C26H39N3O5/c1-8-12-19-14-11-15-20(17-19)13-9-10-16-27-22(30)21(29-24(32)34-26(5,6)7)18-28-23(31)33-25(2,3)4/h11,14-15,17,21H,9-10,13,16,18H2,1-7H3,(H,27,30)(H,28,31)(H,29,32). The Bertz CT molecular complexity index is 888. The summed E-state index contributed by atoms with van der Waals surface area (Å²) in [5.41, 5.74) is 0.784. The van der Waals surface area contributed by atoms with Crippen LogP contribution in [0.3, 0.4) is 0 Å². The molecule has 0 radical (unpaired) electrons. The molecule has 34 heavy (non-hydrogen) atoms. The van der Waals surface area contributed by atoms with Crippen molar-refractivity contribution in [1.29, 1.82) is 0 Å². The van der Waals surface area contributed by atoms with Crippen LogP contribution in [0.2, 0.25) is 0 Å². The second kappa shape index (κ2) is 13.5. The third kappa shape index (κ3) is 13.4. The molecule has 188 valence electrons. The van der Waals surface area contributed by atoms with Gasteiger partial charge in [-0.2, -0.15) is 0 Å². The van der Waals surface area contributed by atoms with E-state index in [0.29, 0.717) is 6.54 Å². The van der Waals surface area contributed by atoms with Gasteiger partial charge in [-0.05, 0) is 85.4 Å². The summed E-state index contributed by atoms with van der Waals surface area (Å²) in [5.74, 6) is 5.53. The molecule has 8 heteroatoms. The zero-order valence-electron chi connectivity index (χ0n) is 21.5. The molecule has 1 aromatic carbocycles. The highest BCUT2D eigenvalue weighted by Gasteiger charge is 2.25. The Labute approximate surface area is 203 Å². The number of nitrogens with one attached hydrogen (secondary N) is 3. The van der Waals surface area contributed by atoms with Gasteiger partial charge in [0.15, 0.2) is 0 Å². The van der Waals surface area contributed by atoms with Crippen molar-refractivity contribution in [3.63, 3.8) is 0 Å². The summed E-state index contributed by atoms with van der Waals surface area (Å²) in [6, 6.07) is 7.08. The lowest BCUT2D eigenvalue weighted by Gasteiger charge is -2.24. The van der Waals surface area contributed by atoms with E-state index < -0.39 is 35.3 Å². The predicted octanol–water partition coefficient (Wildman–Crippen LogP) is 3.91. The molecule has 0 saturated heterocycles. The molecular weight excluding hydrogens is 434 g/mol. The summed E-state index contributed by atoms with van der Waals surface area (Å²) >= 11 is 0. The van der Waals surface area contributed by atoms with Crippen LogP contribution in [0.15, 0.2) is 24.3 Å². The molecule has 0 aliphatic rings. The fourth-order valence-corrected chi connectivity index (χ4v) is 2.90. The topological polar surface area (TPSA) is 106 Å². The number of hydrogen-bond acceptors (Lipinski definition) is 5. The molecular formula is C26H39N3O5. The summed E-state index contributed by atoms with van der Waals surface area (Å²) in [5, 5.41) is 7.86. The first kappa shape index (κ1) is 28.8. The zero-order valence-corrected chi connectivity index (χ0v) is 21.5. The summed E-state index contributed by atoms with van der Waals surface area (Å²) in [6.07, 6.45) is 1.09. The molecule has 0 aliphatic carbocycles. The lowest BCUT2D eigenvalue weighted by atomic mass is 10.1. The van der Waals surface area contributed by atoms with E-state index in [0.717, 1.165) is 24.8 Å². The molecule has 1 rings (SSSR count). The molecule has 0 aromatic heterocycles. The molecule has 3 amide bonds. The van der Waals surface area contributed by atoms with Crippen LogP contribution in [0.1, 0.15) is 72.4 Å². The van der Waals surface area contributed by atoms with Gasteiger partial charge >= 0.3 is 12.2 Å². The first-order valence-corrected chi connectivity index (χ1v) is 11.5. The Morgan fingerprint density at radius 1 is 0.941 bits per heavy atom. The molecule has 0 fully saturated rings. The second-order valence-electron chi connectivity index (χ2n) is 9.91. The van der Waals surface area contributed by atoms with Crippen molar-refractivity contribution in [2.75, 3.05) is 13.1 Å². The molecule has 1 unspecified atom stereocenters. The minimum atomic E-state index is -1.01. The van der Waals surface area contributed by atoms with Gasteiger partial charge in [0, 0.05) is 12.1 Å². The summed E-state index contributed by atoms with van der Waals surface area (Å²) < 4.78 is 10.4. The van der Waals surface area contributed by atoms with E-state index in [1.54, 1.807) is 41.5 Å². The van der Waals surface area contributed by atoms with Gasteiger partial charge in [-0.1, -0.05) is 18.1 Å². The zero-order chi connectivity index (χ0) is 25.8. The number of aryl methyl sites for hydroxylation is 1. The summed E-state index contributed by atoms with van der Waals surface area (Å²) in [7, 11) is 0. The van der Waals surface area contributed by atoms with Crippen LogP contribution in [0, 0.1) is 11.8 Å². The fraction of sp³-hybridized carbons (Fsp3) is 0.577. The van der Waals surface area contributed by atoms with E-state index in [-0.39, 0.29) is 6.54 Å². The van der Waals surface area contributed by atoms with Gasteiger partial charge < -0.3 is 25.4 Å². The average molecular weight is 474 g/mol. The van der Waals surface area contributed by atoms with Gasteiger partial charge in [-0.3, -0.25) is 4.79 Å². The van der Waals surface area contributed by atoms with E-state index in [2.05, 4.69) is 39.9 Å². The molecule has 3 N–H and O–H groups in total. The van der Waals surface area contributed by atoms with Crippen LogP contribution < -0.4 is 16.0 Å². The third-order valence-corrected chi connectivity index (χ3v) is 4.24. The van der Waals surface area contributed by atoms with Crippen LogP contribution >= 0.6 is 0 Å². The maximum absolute atomic E-state index is 12.7. The van der Waals surface area contributed by atoms with E-state index in [1.807, 2.05) is 19.1 Å². The number of alkyl carbamates (subject to hydrolysis) is 2. The highest BCUT2D eigenvalue weighted by molar-refractivity contribution is 5.86. The Kier molecular flexibility index (Phi) is 11.4. The average Bonchev–Trinajstić information content (AvgIpc) is 2.68. The number of amides is 3. The monoisotopic (exact) mass is 473 g/mol. The number of hydrogen-bond donors (Lipinski definition) is 3. The van der Waals surface area contributed by atoms with Gasteiger partial charge in [0.25, 0.3) is 0 Å². The van der Waals surface area contributed by atoms with Crippen LogP contribution in [-0.2, 0) is 20.7 Å². The van der Waals surface area contributed by atoms with Crippen molar-refractivity contribution in [2.45, 2.75) is 85.0 Å². The van der Waals surface area contributed by atoms with Gasteiger partial charge in [-0.25, -0.2) is 9.59 Å². The molecule has 0 heterocycles. The predicted molar refractivity (Wildman–Crippen MR) is 132 cm³/mol. The molecule has 1 atom stereocenters. The Morgan fingerprint density at radius 3 is 2.21 bits per heavy atom. The second-order valence-corrected chi connectivity index (χ2v) is 9.91. The molecule has 8 nitrogen and oxygen atoms in total. The van der Waals surface area contributed by atoms with Crippen LogP contribution in [0.5, 0.6) is 0 Å². The van der Waals surface area contributed by atoms with Crippen molar-refractivity contribution >= 4 is 18.1 Å². The lowest BCUT2D eigenvalue weighted by Crippen LogP contribution is -2.54. The minimum absolute atomic E-state index is 0.134. The van der Waals surface area contributed by atoms with E-state index in [4.69, 9.17) is 9.47 Å². The largest absolute Gasteiger partial charge is 0.444 e. The first-order chi connectivity index (χ1) is 15.8.